The quantitative estimate of drug-likeness (QED) is 0.714. The third-order valence-corrected chi connectivity index (χ3v) is 4.85. The number of rotatable bonds is 2. The minimum Gasteiger partial charge on any atom is -0.236 e. The number of fused-ring (bicyclic) bond motifs is 1. The Morgan fingerprint density at radius 3 is 2.84 bits per heavy atom. The van der Waals surface area contributed by atoms with Crippen molar-refractivity contribution in [3.8, 4) is 11.4 Å². The summed E-state index contributed by atoms with van der Waals surface area (Å²) in [5.74, 6) is 1.48. The second-order valence-electron chi connectivity index (χ2n) is 4.86. The molecule has 19 heavy (non-hydrogen) atoms. The van der Waals surface area contributed by atoms with Gasteiger partial charge in [0.1, 0.15) is 4.83 Å². The summed E-state index contributed by atoms with van der Waals surface area (Å²) in [5.41, 5.74) is 0.912. The van der Waals surface area contributed by atoms with Crippen LogP contribution in [-0.4, -0.2) is 20.2 Å². The van der Waals surface area contributed by atoms with Gasteiger partial charge in [0.05, 0.1) is 12.4 Å². The van der Waals surface area contributed by atoms with Gasteiger partial charge in [0.25, 0.3) is 0 Å². The fourth-order valence-electron chi connectivity index (χ4n) is 2.31. The molecule has 0 atom stereocenters. The maximum Gasteiger partial charge on any atom is 0.162 e. The minimum absolute atomic E-state index is 0.726. The highest BCUT2D eigenvalue weighted by Gasteiger charge is 2.21. The van der Waals surface area contributed by atoms with Crippen molar-refractivity contribution in [1.29, 1.82) is 0 Å². The Bertz CT molecular complexity index is 719. The molecule has 5 heteroatoms. The maximum atomic E-state index is 4.65. The lowest BCUT2D eigenvalue weighted by molar-refractivity contribution is 0.426. The number of nitrogens with zero attached hydrogens (tertiary/aromatic N) is 4. The molecule has 0 N–H and O–H groups in total. The molecule has 3 aromatic heterocycles. The fraction of sp³-hybridized carbons (Fsp3) is 0.286. The molecule has 0 spiro atoms. The maximum absolute atomic E-state index is 4.65. The zero-order chi connectivity index (χ0) is 12.7. The summed E-state index contributed by atoms with van der Waals surface area (Å²) in [5, 5.41) is 8.80. The van der Waals surface area contributed by atoms with Crippen LogP contribution in [0.3, 0.4) is 0 Å². The van der Waals surface area contributed by atoms with Crippen LogP contribution in [0.25, 0.3) is 21.6 Å². The molecule has 1 aliphatic rings. The van der Waals surface area contributed by atoms with Crippen molar-refractivity contribution >= 4 is 21.6 Å². The number of thiophene rings is 1. The third kappa shape index (κ3) is 1.90. The topological polar surface area (TPSA) is 51.6 Å². The second-order valence-corrected chi connectivity index (χ2v) is 5.92. The van der Waals surface area contributed by atoms with E-state index in [1.165, 1.54) is 24.1 Å². The van der Waals surface area contributed by atoms with E-state index >= 15 is 0 Å². The van der Waals surface area contributed by atoms with Crippen molar-refractivity contribution in [2.24, 2.45) is 0 Å². The summed E-state index contributed by atoms with van der Waals surface area (Å²) >= 11 is 1.80. The van der Waals surface area contributed by atoms with Crippen LogP contribution in [0, 0.1) is 0 Å². The van der Waals surface area contributed by atoms with Crippen molar-refractivity contribution in [2.75, 3.05) is 0 Å². The Labute approximate surface area is 114 Å². The van der Waals surface area contributed by atoms with Gasteiger partial charge in [-0.15, -0.1) is 11.3 Å². The van der Waals surface area contributed by atoms with Gasteiger partial charge in [-0.1, -0.05) is 6.42 Å². The smallest absolute Gasteiger partial charge is 0.162 e. The van der Waals surface area contributed by atoms with E-state index < -0.39 is 0 Å². The molecule has 1 fully saturated rings. The Hall–Kier alpha value is -1.88. The van der Waals surface area contributed by atoms with E-state index in [0.29, 0.717) is 0 Å². The molecular weight excluding hydrogens is 256 g/mol. The zero-order valence-electron chi connectivity index (χ0n) is 10.3. The molecule has 0 aliphatic heterocycles. The molecule has 0 bridgehead atoms. The molecule has 0 aromatic carbocycles. The molecule has 1 saturated carbocycles. The van der Waals surface area contributed by atoms with Gasteiger partial charge < -0.3 is 0 Å². The van der Waals surface area contributed by atoms with Crippen molar-refractivity contribution in [3.63, 3.8) is 0 Å². The Morgan fingerprint density at radius 1 is 1.16 bits per heavy atom. The summed E-state index contributed by atoms with van der Waals surface area (Å²) in [4.78, 5) is 11.6. The fourth-order valence-corrected chi connectivity index (χ4v) is 3.48. The summed E-state index contributed by atoms with van der Waals surface area (Å²) in [7, 11) is 0. The predicted octanol–water partition coefficient (Wildman–Crippen LogP) is 3.42. The Balaban J connectivity index is 1.78. The summed E-state index contributed by atoms with van der Waals surface area (Å²) in [6, 6.07) is 4.13. The molecule has 4 rings (SSSR count). The van der Waals surface area contributed by atoms with Gasteiger partial charge in [-0.05, 0) is 30.9 Å². The summed E-state index contributed by atoms with van der Waals surface area (Å²) in [6.45, 7) is 0. The van der Waals surface area contributed by atoms with E-state index in [9.17, 15) is 0 Å². The van der Waals surface area contributed by atoms with Crippen molar-refractivity contribution < 1.29 is 0 Å². The monoisotopic (exact) mass is 268 g/mol. The molecular formula is C14H12N4S. The average Bonchev–Trinajstić information content (AvgIpc) is 2.79. The van der Waals surface area contributed by atoms with Gasteiger partial charge >= 0.3 is 0 Å². The highest BCUT2D eigenvalue weighted by molar-refractivity contribution is 7.18. The summed E-state index contributed by atoms with van der Waals surface area (Å²) < 4.78 is 0. The van der Waals surface area contributed by atoms with Crippen molar-refractivity contribution in [2.45, 2.75) is 25.2 Å². The molecule has 3 aromatic rings. The van der Waals surface area contributed by atoms with Gasteiger partial charge in [-0.3, -0.25) is 0 Å². The van der Waals surface area contributed by atoms with Gasteiger partial charge in [0.15, 0.2) is 5.82 Å². The average molecular weight is 268 g/mol. The van der Waals surface area contributed by atoms with E-state index in [1.54, 1.807) is 23.7 Å². The van der Waals surface area contributed by atoms with Crippen LogP contribution in [0.15, 0.2) is 30.7 Å². The number of hydrogen-bond donors (Lipinski definition) is 0. The van der Waals surface area contributed by atoms with Crippen LogP contribution in [-0.2, 0) is 0 Å². The van der Waals surface area contributed by atoms with Gasteiger partial charge in [0, 0.05) is 22.0 Å². The molecule has 0 unspecified atom stereocenters. The van der Waals surface area contributed by atoms with Crippen LogP contribution < -0.4 is 0 Å². The van der Waals surface area contributed by atoms with Crippen LogP contribution >= 0.6 is 11.3 Å². The van der Waals surface area contributed by atoms with Gasteiger partial charge in [0.2, 0.25) is 0 Å². The van der Waals surface area contributed by atoms with Gasteiger partial charge in [-0.25, -0.2) is 9.97 Å². The van der Waals surface area contributed by atoms with Crippen LogP contribution in [0.4, 0.5) is 0 Å². The van der Waals surface area contributed by atoms with Crippen LogP contribution in [0.2, 0.25) is 0 Å². The standard InChI is InChI=1S/C14H12N4S/c1-2-9(3-1)12-6-11-7-15-13(18-14(11)19-12)10-4-5-16-17-8-10/h4-9H,1-3H2. The largest absolute Gasteiger partial charge is 0.236 e. The predicted molar refractivity (Wildman–Crippen MR) is 75.0 cm³/mol. The number of aromatic nitrogens is 4. The van der Waals surface area contributed by atoms with Crippen molar-refractivity contribution in [1.82, 2.24) is 20.2 Å². The first kappa shape index (κ1) is 11.0. The van der Waals surface area contributed by atoms with E-state index in [4.69, 9.17) is 0 Å². The molecule has 0 amide bonds. The van der Waals surface area contributed by atoms with E-state index in [-0.39, 0.29) is 0 Å². The number of hydrogen-bond acceptors (Lipinski definition) is 5. The first-order valence-corrected chi connectivity index (χ1v) is 7.25. The highest BCUT2D eigenvalue weighted by Crippen LogP contribution is 2.41. The zero-order valence-corrected chi connectivity index (χ0v) is 11.1. The highest BCUT2D eigenvalue weighted by atomic mass is 32.1. The Kier molecular flexibility index (Phi) is 2.51. The lowest BCUT2D eigenvalue weighted by Crippen LogP contribution is -2.06. The molecule has 4 nitrogen and oxygen atoms in total. The second kappa shape index (κ2) is 4.35. The molecule has 1 aliphatic carbocycles. The van der Waals surface area contributed by atoms with Crippen molar-refractivity contribution in [3.05, 3.63) is 35.6 Å². The van der Waals surface area contributed by atoms with Crippen LogP contribution in [0.5, 0.6) is 0 Å². The van der Waals surface area contributed by atoms with E-state index in [0.717, 1.165) is 27.5 Å². The van der Waals surface area contributed by atoms with Crippen LogP contribution in [0.1, 0.15) is 30.1 Å². The molecule has 94 valence electrons. The summed E-state index contributed by atoms with van der Waals surface area (Å²) in [6.07, 6.45) is 9.27. The molecule has 3 heterocycles. The third-order valence-electron chi connectivity index (χ3n) is 3.64. The van der Waals surface area contributed by atoms with E-state index in [1.807, 2.05) is 12.3 Å². The minimum atomic E-state index is 0.726. The SMILES string of the molecule is c1cc(-c2ncc3cc(C4CCC4)sc3n2)cnn1. The molecule has 0 saturated heterocycles. The molecule has 0 radical (unpaired) electrons. The van der Waals surface area contributed by atoms with E-state index in [2.05, 4.69) is 26.2 Å². The first-order chi connectivity index (χ1) is 9.40. The lowest BCUT2D eigenvalue weighted by Gasteiger charge is -2.23. The lowest BCUT2D eigenvalue weighted by atomic mass is 9.84. The Morgan fingerprint density at radius 2 is 2.11 bits per heavy atom. The first-order valence-electron chi connectivity index (χ1n) is 6.44. The normalized spacial score (nSPS) is 15.6. The van der Waals surface area contributed by atoms with Gasteiger partial charge in [-0.2, -0.15) is 10.2 Å².